The fourth-order valence-electron chi connectivity index (χ4n) is 2.97. The molecule has 0 bridgehead atoms. The second-order valence-corrected chi connectivity index (χ2v) is 8.08. The van der Waals surface area contributed by atoms with Crippen molar-refractivity contribution in [2.24, 2.45) is 0 Å². The number of fused-ring (bicyclic) bond motifs is 1. The van der Waals surface area contributed by atoms with Gasteiger partial charge in [-0.15, -0.1) is 0 Å². The van der Waals surface area contributed by atoms with Gasteiger partial charge >= 0.3 is 0 Å². The normalized spacial score (nSPS) is 18.2. The number of aromatic nitrogens is 1. The number of hydrogen-bond donors (Lipinski definition) is 3. The standard InChI is InChI=1S/C15H19N3O3S/c1-22(20,21)15(5-8-16-9-6-15)14(19)18-12-2-3-13-11(10-12)4-7-17-13/h2-4,7,10,16-17H,5-6,8-9H2,1H3,(H,18,19). The number of nitrogens with one attached hydrogen (secondary N) is 3. The van der Waals surface area contributed by atoms with Crippen LogP contribution in [0.1, 0.15) is 12.8 Å². The van der Waals surface area contributed by atoms with Crippen LogP contribution in [0, 0.1) is 0 Å². The topological polar surface area (TPSA) is 91.1 Å². The molecule has 0 unspecified atom stereocenters. The summed E-state index contributed by atoms with van der Waals surface area (Å²) in [5.74, 6) is -0.439. The number of rotatable bonds is 3. The molecule has 0 radical (unpaired) electrons. The number of hydrogen-bond acceptors (Lipinski definition) is 4. The van der Waals surface area contributed by atoms with Gasteiger partial charge in [0.15, 0.2) is 14.6 Å². The zero-order valence-electron chi connectivity index (χ0n) is 12.3. The summed E-state index contributed by atoms with van der Waals surface area (Å²) in [5, 5.41) is 6.85. The van der Waals surface area contributed by atoms with E-state index < -0.39 is 20.5 Å². The molecule has 0 spiro atoms. The van der Waals surface area contributed by atoms with Crippen LogP contribution < -0.4 is 10.6 Å². The molecule has 3 rings (SSSR count). The van der Waals surface area contributed by atoms with Gasteiger partial charge < -0.3 is 15.6 Å². The van der Waals surface area contributed by atoms with Crippen LogP contribution in [-0.4, -0.2) is 43.4 Å². The second-order valence-electron chi connectivity index (χ2n) is 5.75. The minimum atomic E-state index is -3.50. The molecular weight excluding hydrogens is 302 g/mol. The third kappa shape index (κ3) is 2.50. The predicted octanol–water partition coefficient (Wildman–Crippen LogP) is 1.27. The maximum absolute atomic E-state index is 12.7. The summed E-state index contributed by atoms with van der Waals surface area (Å²) in [6, 6.07) is 7.37. The van der Waals surface area contributed by atoms with Crippen molar-refractivity contribution in [1.29, 1.82) is 0 Å². The number of amides is 1. The number of anilines is 1. The van der Waals surface area contributed by atoms with Crippen LogP contribution in [0.15, 0.2) is 30.5 Å². The van der Waals surface area contributed by atoms with E-state index in [1.54, 1.807) is 6.07 Å². The highest BCUT2D eigenvalue weighted by Gasteiger charge is 2.48. The van der Waals surface area contributed by atoms with Crippen molar-refractivity contribution in [2.75, 3.05) is 24.7 Å². The molecule has 6 nitrogen and oxygen atoms in total. The molecular formula is C15H19N3O3S. The first-order chi connectivity index (χ1) is 10.4. The fraction of sp³-hybridized carbons (Fsp3) is 0.400. The van der Waals surface area contributed by atoms with Gasteiger partial charge in [-0.3, -0.25) is 4.79 Å². The summed E-state index contributed by atoms with van der Waals surface area (Å²) in [5.41, 5.74) is 1.58. The van der Waals surface area contributed by atoms with Crippen LogP contribution in [-0.2, 0) is 14.6 Å². The summed E-state index contributed by atoms with van der Waals surface area (Å²) in [4.78, 5) is 15.8. The summed E-state index contributed by atoms with van der Waals surface area (Å²) in [7, 11) is -3.50. The molecule has 3 N–H and O–H groups in total. The molecule has 1 fully saturated rings. The minimum Gasteiger partial charge on any atom is -0.361 e. The number of sulfone groups is 1. The third-order valence-corrected chi connectivity index (χ3v) is 6.36. The van der Waals surface area contributed by atoms with Crippen molar-refractivity contribution in [2.45, 2.75) is 17.6 Å². The number of carbonyl (C=O) groups excluding carboxylic acids is 1. The number of benzene rings is 1. The molecule has 1 aromatic heterocycles. The SMILES string of the molecule is CS(=O)(=O)C1(C(=O)Nc2ccc3[nH]ccc3c2)CCNCC1. The van der Waals surface area contributed by atoms with Crippen LogP contribution in [0.5, 0.6) is 0 Å². The van der Waals surface area contributed by atoms with Gasteiger partial charge in [0, 0.05) is 29.0 Å². The zero-order valence-corrected chi connectivity index (χ0v) is 13.2. The molecule has 1 amide bonds. The molecule has 1 aliphatic rings. The van der Waals surface area contributed by atoms with Crippen molar-refractivity contribution in [3.63, 3.8) is 0 Å². The molecule has 1 saturated heterocycles. The summed E-state index contributed by atoms with van der Waals surface area (Å²) in [6.45, 7) is 1.05. The van der Waals surface area contributed by atoms with E-state index in [-0.39, 0.29) is 0 Å². The van der Waals surface area contributed by atoms with E-state index in [4.69, 9.17) is 0 Å². The van der Waals surface area contributed by atoms with E-state index >= 15 is 0 Å². The van der Waals surface area contributed by atoms with E-state index in [2.05, 4.69) is 15.6 Å². The second kappa shape index (κ2) is 5.40. The lowest BCUT2D eigenvalue weighted by atomic mass is 9.95. The number of piperidine rings is 1. The van der Waals surface area contributed by atoms with Gasteiger partial charge in [0.2, 0.25) is 5.91 Å². The summed E-state index contributed by atoms with van der Waals surface area (Å²) in [6.07, 6.45) is 3.56. The minimum absolute atomic E-state index is 0.296. The molecule has 7 heteroatoms. The Morgan fingerprint density at radius 1 is 1.23 bits per heavy atom. The lowest BCUT2D eigenvalue weighted by molar-refractivity contribution is -0.119. The Kier molecular flexibility index (Phi) is 3.70. The van der Waals surface area contributed by atoms with E-state index in [1.165, 1.54) is 0 Å². The Labute approximate surface area is 129 Å². The third-order valence-electron chi connectivity index (χ3n) is 4.35. The molecule has 2 aromatic rings. The van der Waals surface area contributed by atoms with Crippen LogP contribution in [0.4, 0.5) is 5.69 Å². The zero-order chi connectivity index (χ0) is 15.8. The first-order valence-electron chi connectivity index (χ1n) is 7.21. The molecule has 1 aromatic carbocycles. The van der Waals surface area contributed by atoms with Crippen molar-refractivity contribution in [1.82, 2.24) is 10.3 Å². The number of aromatic amines is 1. The summed E-state index contributed by atoms with van der Waals surface area (Å²) < 4.78 is 23.1. The molecule has 0 saturated carbocycles. The average molecular weight is 321 g/mol. The summed E-state index contributed by atoms with van der Waals surface area (Å²) >= 11 is 0. The van der Waals surface area contributed by atoms with Crippen molar-refractivity contribution < 1.29 is 13.2 Å². The molecule has 0 atom stereocenters. The lowest BCUT2D eigenvalue weighted by Gasteiger charge is -2.34. The Morgan fingerprint density at radius 2 is 1.95 bits per heavy atom. The van der Waals surface area contributed by atoms with Gasteiger partial charge in [-0.2, -0.15) is 0 Å². The van der Waals surface area contributed by atoms with Gasteiger partial charge in [-0.05, 0) is 50.2 Å². The van der Waals surface area contributed by atoms with Crippen LogP contribution in [0.3, 0.4) is 0 Å². The fourth-order valence-corrected chi connectivity index (χ4v) is 4.31. The predicted molar refractivity (Wildman–Crippen MR) is 86.6 cm³/mol. The van der Waals surface area contributed by atoms with Crippen molar-refractivity contribution in [3.8, 4) is 0 Å². The van der Waals surface area contributed by atoms with E-state index in [0.29, 0.717) is 31.6 Å². The van der Waals surface area contributed by atoms with Gasteiger partial charge in [0.1, 0.15) is 0 Å². The lowest BCUT2D eigenvalue weighted by Crippen LogP contribution is -2.55. The Bertz CT molecular complexity index is 804. The van der Waals surface area contributed by atoms with Crippen molar-refractivity contribution >= 4 is 32.3 Å². The van der Waals surface area contributed by atoms with Crippen molar-refractivity contribution in [3.05, 3.63) is 30.5 Å². The quantitative estimate of drug-likeness (QED) is 0.794. The molecule has 2 heterocycles. The Hall–Kier alpha value is -1.86. The highest BCUT2D eigenvalue weighted by atomic mass is 32.2. The first kappa shape index (κ1) is 15.1. The number of H-pyrrole nitrogens is 1. The van der Waals surface area contributed by atoms with Gasteiger partial charge in [0.25, 0.3) is 0 Å². The van der Waals surface area contributed by atoms with E-state index in [1.807, 2.05) is 24.4 Å². The van der Waals surface area contributed by atoms with Gasteiger partial charge in [0.05, 0.1) is 0 Å². The van der Waals surface area contributed by atoms with E-state index in [0.717, 1.165) is 17.2 Å². The maximum Gasteiger partial charge on any atom is 0.245 e. The number of carbonyl (C=O) groups is 1. The van der Waals surface area contributed by atoms with Gasteiger partial charge in [-0.25, -0.2) is 8.42 Å². The van der Waals surface area contributed by atoms with Crippen LogP contribution in [0.2, 0.25) is 0 Å². The maximum atomic E-state index is 12.7. The molecule has 118 valence electrons. The highest BCUT2D eigenvalue weighted by molar-refractivity contribution is 7.92. The molecule has 22 heavy (non-hydrogen) atoms. The van der Waals surface area contributed by atoms with Crippen LogP contribution in [0.25, 0.3) is 10.9 Å². The smallest absolute Gasteiger partial charge is 0.245 e. The van der Waals surface area contributed by atoms with Gasteiger partial charge in [-0.1, -0.05) is 0 Å². The monoisotopic (exact) mass is 321 g/mol. The first-order valence-corrected chi connectivity index (χ1v) is 9.10. The molecule has 0 aliphatic carbocycles. The molecule has 1 aliphatic heterocycles. The average Bonchev–Trinajstić information content (AvgIpc) is 2.94. The highest BCUT2D eigenvalue weighted by Crippen LogP contribution is 2.30. The Morgan fingerprint density at radius 3 is 2.64 bits per heavy atom. The largest absolute Gasteiger partial charge is 0.361 e. The van der Waals surface area contributed by atoms with Crippen LogP contribution >= 0.6 is 0 Å². The van der Waals surface area contributed by atoms with E-state index in [9.17, 15) is 13.2 Å². The Balaban J connectivity index is 1.90.